The van der Waals surface area contributed by atoms with Gasteiger partial charge in [-0.2, -0.15) is 0 Å². The van der Waals surface area contributed by atoms with Crippen molar-refractivity contribution in [2.24, 2.45) is 5.41 Å². The van der Waals surface area contributed by atoms with Crippen LogP contribution in [0.15, 0.2) is 28.7 Å². The molecule has 4 heteroatoms. The highest BCUT2D eigenvalue weighted by molar-refractivity contribution is 9.10. The monoisotopic (exact) mass is 327 g/mol. The first kappa shape index (κ1) is 14.8. The molecule has 0 bridgehead atoms. The Labute approximate surface area is 123 Å². The lowest BCUT2D eigenvalue weighted by Gasteiger charge is -2.16. The van der Waals surface area contributed by atoms with Gasteiger partial charge in [0.1, 0.15) is 18.5 Å². The third-order valence-corrected chi connectivity index (χ3v) is 4.37. The molecule has 1 atom stereocenters. The standard InChI is InChI=1S/C15H22BrNO2/c1-2-15(7-8-15)11-17-9-13(18)10-19-14-5-3-12(16)4-6-14/h3-6,13,17-18H,2,7-11H2,1H3. The molecule has 0 spiro atoms. The molecule has 0 amide bonds. The van der Waals surface area contributed by atoms with Gasteiger partial charge in [-0.25, -0.2) is 0 Å². The van der Waals surface area contributed by atoms with Crippen molar-refractivity contribution in [1.82, 2.24) is 5.32 Å². The molecule has 0 radical (unpaired) electrons. The van der Waals surface area contributed by atoms with Crippen LogP contribution in [0.4, 0.5) is 0 Å². The fraction of sp³-hybridized carbons (Fsp3) is 0.600. The molecule has 0 saturated heterocycles. The van der Waals surface area contributed by atoms with Gasteiger partial charge in [-0.15, -0.1) is 0 Å². The zero-order valence-electron chi connectivity index (χ0n) is 11.4. The van der Waals surface area contributed by atoms with Gasteiger partial charge in [0.2, 0.25) is 0 Å². The van der Waals surface area contributed by atoms with E-state index in [1.54, 1.807) is 0 Å². The lowest BCUT2D eigenvalue weighted by Crippen LogP contribution is -2.34. The van der Waals surface area contributed by atoms with E-state index in [1.165, 1.54) is 19.3 Å². The van der Waals surface area contributed by atoms with E-state index in [9.17, 15) is 5.11 Å². The highest BCUT2D eigenvalue weighted by Crippen LogP contribution is 2.47. The number of aliphatic hydroxyl groups excluding tert-OH is 1. The first-order chi connectivity index (χ1) is 9.13. The van der Waals surface area contributed by atoms with Crippen LogP contribution in [-0.2, 0) is 0 Å². The molecule has 0 heterocycles. The van der Waals surface area contributed by atoms with Gasteiger partial charge in [-0.1, -0.05) is 22.9 Å². The number of hydrogen-bond donors (Lipinski definition) is 2. The first-order valence-electron chi connectivity index (χ1n) is 6.91. The van der Waals surface area contributed by atoms with Crippen LogP contribution in [0.2, 0.25) is 0 Å². The van der Waals surface area contributed by atoms with E-state index in [1.807, 2.05) is 24.3 Å². The van der Waals surface area contributed by atoms with Crippen LogP contribution >= 0.6 is 15.9 Å². The quantitative estimate of drug-likeness (QED) is 0.771. The molecule has 1 fully saturated rings. The van der Waals surface area contributed by atoms with E-state index in [0.29, 0.717) is 18.6 Å². The van der Waals surface area contributed by atoms with Crippen molar-refractivity contribution in [3.63, 3.8) is 0 Å². The van der Waals surface area contributed by atoms with Crippen molar-refractivity contribution in [2.75, 3.05) is 19.7 Å². The maximum Gasteiger partial charge on any atom is 0.119 e. The lowest BCUT2D eigenvalue weighted by molar-refractivity contribution is 0.105. The number of rotatable bonds is 8. The first-order valence-corrected chi connectivity index (χ1v) is 7.70. The summed E-state index contributed by atoms with van der Waals surface area (Å²) in [5, 5.41) is 13.2. The minimum atomic E-state index is -0.462. The summed E-state index contributed by atoms with van der Waals surface area (Å²) in [6, 6.07) is 7.64. The van der Waals surface area contributed by atoms with Crippen molar-refractivity contribution in [3.8, 4) is 5.75 Å². The van der Waals surface area contributed by atoms with Crippen LogP contribution in [0.1, 0.15) is 26.2 Å². The van der Waals surface area contributed by atoms with E-state index in [2.05, 4.69) is 28.2 Å². The molecule has 2 rings (SSSR count). The molecule has 1 aliphatic rings. The Hall–Kier alpha value is -0.580. The van der Waals surface area contributed by atoms with E-state index in [0.717, 1.165) is 16.8 Å². The molecule has 3 nitrogen and oxygen atoms in total. The minimum absolute atomic E-state index is 0.327. The summed E-state index contributed by atoms with van der Waals surface area (Å²) in [5.41, 5.74) is 0.520. The average Bonchev–Trinajstić information content (AvgIpc) is 3.19. The molecule has 1 saturated carbocycles. The van der Waals surface area contributed by atoms with E-state index in [-0.39, 0.29) is 0 Å². The summed E-state index contributed by atoms with van der Waals surface area (Å²) in [4.78, 5) is 0. The summed E-state index contributed by atoms with van der Waals surface area (Å²) >= 11 is 3.38. The molecule has 1 aromatic rings. The second-order valence-electron chi connectivity index (χ2n) is 5.40. The Balaban J connectivity index is 1.61. The predicted molar refractivity (Wildman–Crippen MR) is 80.5 cm³/mol. The Morgan fingerprint density at radius 2 is 2.05 bits per heavy atom. The third-order valence-electron chi connectivity index (χ3n) is 3.84. The topological polar surface area (TPSA) is 41.5 Å². The fourth-order valence-corrected chi connectivity index (χ4v) is 2.38. The highest BCUT2D eigenvalue weighted by Gasteiger charge is 2.39. The zero-order valence-corrected chi connectivity index (χ0v) is 12.9. The molecule has 106 valence electrons. The second-order valence-corrected chi connectivity index (χ2v) is 6.32. The van der Waals surface area contributed by atoms with Crippen LogP contribution in [0.3, 0.4) is 0 Å². The smallest absolute Gasteiger partial charge is 0.119 e. The van der Waals surface area contributed by atoms with Gasteiger partial charge < -0.3 is 15.2 Å². The molecule has 1 aromatic carbocycles. The van der Waals surface area contributed by atoms with Crippen molar-refractivity contribution < 1.29 is 9.84 Å². The molecular formula is C15H22BrNO2. The molecule has 19 heavy (non-hydrogen) atoms. The van der Waals surface area contributed by atoms with Crippen molar-refractivity contribution in [1.29, 1.82) is 0 Å². The van der Waals surface area contributed by atoms with Gasteiger partial charge in [-0.3, -0.25) is 0 Å². The lowest BCUT2D eigenvalue weighted by atomic mass is 10.0. The van der Waals surface area contributed by atoms with Crippen molar-refractivity contribution in [3.05, 3.63) is 28.7 Å². The van der Waals surface area contributed by atoms with Crippen LogP contribution < -0.4 is 10.1 Å². The van der Waals surface area contributed by atoms with Crippen LogP contribution in [-0.4, -0.2) is 30.9 Å². The third kappa shape index (κ3) is 4.79. The summed E-state index contributed by atoms with van der Waals surface area (Å²) in [5.74, 6) is 0.787. The van der Waals surface area contributed by atoms with Crippen molar-refractivity contribution >= 4 is 15.9 Å². The van der Waals surface area contributed by atoms with Gasteiger partial charge in [0, 0.05) is 17.6 Å². The van der Waals surface area contributed by atoms with Gasteiger partial charge in [0.25, 0.3) is 0 Å². The SMILES string of the molecule is CCC1(CNCC(O)COc2ccc(Br)cc2)CC1. The maximum absolute atomic E-state index is 9.86. The number of hydrogen-bond acceptors (Lipinski definition) is 3. The summed E-state index contributed by atoms with van der Waals surface area (Å²) in [7, 11) is 0. The summed E-state index contributed by atoms with van der Waals surface area (Å²) in [6.45, 7) is 4.17. The average molecular weight is 328 g/mol. The molecule has 0 aliphatic heterocycles. The molecular weight excluding hydrogens is 306 g/mol. The Kier molecular flexibility index (Phi) is 5.25. The normalized spacial score (nSPS) is 18.1. The fourth-order valence-electron chi connectivity index (χ4n) is 2.12. The van der Waals surface area contributed by atoms with Gasteiger partial charge >= 0.3 is 0 Å². The van der Waals surface area contributed by atoms with E-state index >= 15 is 0 Å². The number of nitrogens with one attached hydrogen (secondary N) is 1. The maximum atomic E-state index is 9.86. The Morgan fingerprint density at radius 1 is 1.37 bits per heavy atom. The van der Waals surface area contributed by atoms with Gasteiger partial charge in [0.05, 0.1) is 0 Å². The summed E-state index contributed by atoms with van der Waals surface area (Å²) in [6.07, 6.45) is 3.41. The van der Waals surface area contributed by atoms with Crippen molar-refractivity contribution in [2.45, 2.75) is 32.3 Å². The molecule has 0 aromatic heterocycles. The number of benzene rings is 1. The number of halogens is 1. The largest absolute Gasteiger partial charge is 0.491 e. The van der Waals surface area contributed by atoms with E-state index < -0.39 is 6.10 Å². The molecule has 2 N–H and O–H groups in total. The van der Waals surface area contributed by atoms with Crippen LogP contribution in [0, 0.1) is 5.41 Å². The zero-order chi connectivity index (χ0) is 13.7. The number of aliphatic hydroxyl groups is 1. The number of ether oxygens (including phenoxy) is 1. The Bertz CT molecular complexity index is 390. The van der Waals surface area contributed by atoms with Crippen LogP contribution in [0.5, 0.6) is 5.75 Å². The molecule has 1 aliphatic carbocycles. The van der Waals surface area contributed by atoms with Gasteiger partial charge in [-0.05, 0) is 48.9 Å². The second kappa shape index (κ2) is 6.73. The highest BCUT2D eigenvalue weighted by atomic mass is 79.9. The summed E-state index contributed by atoms with van der Waals surface area (Å²) < 4.78 is 6.56. The minimum Gasteiger partial charge on any atom is -0.491 e. The van der Waals surface area contributed by atoms with E-state index in [4.69, 9.17) is 4.74 Å². The van der Waals surface area contributed by atoms with Crippen LogP contribution in [0.25, 0.3) is 0 Å². The molecule has 1 unspecified atom stereocenters. The predicted octanol–water partition coefficient (Wildman–Crippen LogP) is 2.97. The van der Waals surface area contributed by atoms with Gasteiger partial charge in [0.15, 0.2) is 0 Å². The Morgan fingerprint density at radius 3 is 2.63 bits per heavy atom.